The summed E-state index contributed by atoms with van der Waals surface area (Å²) in [4.78, 5) is 36.2. The van der Waals surface area contributed by atoms with Gasteiger partial charge >= 0.3 is 19.1 Å². The number of nitrogens with zero attached hydrogens (tertiary/aromatic N) is 1. The van der Waals surface area contributed by atoms with E-state index in [-0.39, 0.29) is 13.1 Å². The Balaban J connectivity index is 2.22. The summed E-state index contributed by atoms with van der Waals surface area (Å²) >= 11 is 5.79. The molecule has 0 aromatic heterocycles. The molecular formula is C13H13BClNO5. The van der Waals surface area contributed by atoms with E-state index in [1.807, 2.05) is 0 Å². The number of likely N-dealkylation sites (N-methyl/N-ethyl adjacent to an activating group) is 1. The summed E-state index contributed by atoms with van der Waals surface area (Å²) in [6.07, 6.45) is 0.583. The van der Waals surface area contributed by atoms with Crippen LogP contribution in [-0.4, -0.2) is 50.4 Å². The Labute approximate surface area is 127 Å². The van der Waals surface area contributed by atoms with Crippen molar-refractivity contribution in [3.05, 3.63) is 34.9 Å². The van der Waals surface area contributed by atoms with Gasteiger partial charge in [-0.2, -0.15) is 0 Å². The molecule has 0 radical (unpaired) electrons. The van der Waals surface area contributed by atoms with Crippen LogP contribution in [0.15, 0.2) is 24.3 Å². The Kier molecular flexibility index (Phi) is 4.98. The Morgan fingerprint density at radius 3 is 2.19 bits per heavy atom. The third-order valence-corrected chi connectivity index (χ3v) is 3.24. The van der Waals surface area contributed by atoms with Gasteiger partial charge in [0.05, 0.1) is 13.1 Å². The number of hydrogen-bond acceptors (Lipinski definition) is 6. The molecule has 1 aromatic rings. The topological polar surface area (TPSA) is 72.9 Å². The van der Waals surface area contributed by atoms with E-state index in [0.717, 1.165) is 0 Å². The summed E-state index contributed by atoms with van der Waals surface area (Å²) in [7, 11) is 0.330. The summed E-state index contributed by atoms with van der Waals surface area (Å²) in [6, 6.07) is 6.45. The largest absolute Gasteiger partial charge is 0.614 e. The van der Waals surface area contributed by atoms with Crippen LogP contribution in [0.25, 0.3) is 0 Å². The Hall–Kier alpha value is -1.86. The number of rotatable bonds is 3. The molecule has 0 bridgehead atoms. The fourth-order valence-corrected chi connectivity index (χ4v) is 2.11. The lowest BCUT2D eigenvalue weighted by Crippen LogP contribution is -2.45. The molecule has 0 N–H and O–H groups in total. The summed E-state index contributed by atoms with van der Waals surface area (Å²) in [6.45, 7) is -0.0877. The number of benzene rings is 1. The SMILES string of the molecule is CN1CC(=O)OB(C(C=O)c2ccc(Cl)cc2)OC(=O)C1. The fraction of sp³-hybridized carbons (Fsp3) is 0.308. The van der Waals surface area contributed by atoms with Crippen LogP contribution in [0.5, 0.6) is 0 Å². The van der Waals surface area contributed by atoms with Crippen LogP contribution < -0.4 is 0 Å². The smallest absolute Gasteiger partial charge is 0.498 e. The average Bonchev–Trinajstić information content (AvgIpc) is 2.39. The average molecular weight is 310 g/mol. The predicted molar refractivity (Wildman–Crippen MR) is 75.7 cm³/mol. The van der Waals surface area contributed by atoms with E-state index in [4.69, 9.17) is 20.9 Å². The van der Waals surface area contributed by atoms with E-state index in [9.17, 15) is 14.4 Å². The van der Waals surface area contributed by atoms with Crippen LogP contribution in [0.4, 0.5) is 0 Å². The highest BCUT2D eigenvalue weighted by Gasteiger charge is 2.40. The molecule has 0 spiro atoms. The molecule has 1 heterocycles. The van der Waals surface area contributed by atoms with Crippen molar-refractivity contribution >= 4 is 36.9 Å². The molecule has 110 valence electrons. The zero-order chi connectivity index (χ0) is 15.4. The van der Waals surface area contributed by atoms with Crippen LogP contribution in [0.2, 0.25) is 5.02 Å². The van der Waals surface area contributed by atoms with Crippen LogP contribution in [0, 0.1) is 0 Å². The van der Waals surface area contributed by atoms with Gasteiger partial charge in [0, 0.05) is 5.02 Å². The summed E-state index contributed by atoms with van der Waals surface area (Å²) in [5.41, 5.74) is 0.550. The number of halogens is 1. The van der Waals surface area contributed by atoms with Crippen LogP contribution in [0.3, 0.4) is 0 Å². The van der Waals surface area contributed by atoms with E-state index < -0.39 is 24.9 Å². The standard InChI is InChI=1S/C13H13BClNO5/c1-16-6-12(18)20-14(21-13(19)7-16)11(8-17)9-2-4-10(15)5-3-9/h2-5,8,11H,6-7H2,1H3. The minimum absolute atomic E-state index is 0.0439. The number of carbonyl (C=O) groups is 3. The molecule has 2 rings (SSSR count). The van der Waals surface area contributed by atoms with E-state index in [0.29, 0.717) is 16.9 Å². The Bertz CT molecular complexity index is 530. The lowest BCUT2D eigenvalue weighted by molar-refractivity contribution is -0.145. The summed E-state index contributed by atoms with van der Waals surface area (Å²) < 4.78 is 10.2. The highest BCUT2D eigenvalue weighted by molar-refractivity contribution is 6.54. The molecule has 1 unspecified atom stereocenters. The van der Waals surface area contributed by atoms with Crippen LogP contribution >= 0.6 is 11.6 Å². The van der Waals surface area contributed by atoms with Gasteiger partial charge in [-0.25, -0.2) is 0 Å². The third-order valence-electron chi connectivity index (χ3n) is 2.99. The third kappa shape index (κ3) is 4.06. The number of aldehydes is 1. The van der Waals surface area contributed by atoms with Crippen LogP contribution in [-0.2, 0) is 23.7 Å². The highest BCUT2D eigenvalue weighted by Crippen LogP contribution is 2.21. The second-order valence-electron chi connectivity index (χ2n) is 4.73. The maximum atomic E-state index is 11.7. The molecule has 0 saturated carbocycles. The number of hydrogen-bond donors (Lipinski definition) is 0. The van der Waals surface area contributed by atoms with Crippen molar-refractivity contribution in [2.75, 3.05) is 20.1 Å². The van der Waals surface area contributed by atoms with Gasteiger partial charge in [0.15, 0.2) is 0 Å². The molecule has 1 fully saturated rings. The van der Waals surface area contributed by atoms with Gasteiger partial charge in [-0.15, -0.1) is 0 Å². The number of carbonyl (C=O) groups excluding carboxylic acids is 3. The molecule has 8 heteroatoms. The normalized spacial score (nSPS) is 18.3. The van der Waals surface area contributed by atoms with Crippen molar-refractivity contribution in [1.82, 2.24) is 4.90 Å². The molecule has 1 aromatic carbocycles. The van der Waals surface area contributed by atoms with Crippen molar-refractivity contribution in [1.29, 1.82) is 0 Å². The minimum atomic E-state index is -1.27. The Morgan fingerprint density at radius 2 is 1.71 bits per heavy atom. The second-order valence-corrected chi connectivity index (χ2v) is 5.17. The lowest BCUT2D eigenvalue weighted by atomic mass is 9.68. The van der Waals surface area contributed by atoms with Crippen LogP contribution in [0.1, 0.15) is 11.4 Å². The fourth-order valence-electron chi connectivity index (χ4n) is 1.99. The van der Waals surface area contributed by atoms with E-state index in [1.165, 1.54) is 4.90 Å². The van der Waals surface area contributed by atoms with Gasteiger partial charge < -0.3 is 14.1 Å². The molecule has 6 nitrogen and oxygen atoms in total. The molecule has 0 amide bonds. The van der Waals surface area contributed by atoms with Gasteiger partial charge in [0.2, 0.25) is 0 Å². The van der Waals surface area contributed by atoms with Gasteiger partial charge in [0.25, 0.3) is 0 Å². The molecule has 1 aliphatic rings. The molecule has 0 aliphatic carbocycles. The lowest BCUT2D eigenvalue weighted by Gasteiger charge is -2.25. The molecule has 1 atom stereocenters. The first-order valence-corrected chi connectivity index (χ1v) is 6.65. The first-order valence-electron chi connectivity index (χ1n) is 6.28. The van der Waals surface area contributed by atoms with Crippen molar-refractivity contribution in [2.24, 2.45) is 0 Å². The monoisotopic (exact) mass is 309 g/mol. The Morgan fingerprint density at radius 1 is 1.19 bits per heavy atom. The zero-order valence-corrected chi connectivity index (χ0v) is 12.1. The first-order chi connectivity index (χ1) is 9.99. The maximum absolute atomic E-state index is 11.7. The molecule has 1 saturated heterocycles. The molecular weight excluding hydrogens is 296 g/mol. The van der Waals surface area contributed by atoms with Crippen molar-refractivity contribution in [3.63, 3.8) is 0 Å². The molecule has 21 heavy (non-hydrogen) atoms. The van der Waals surface area contributed by atoms with E-state index in [2.05, 4.69) is 0 Å². The second kappa shape index (κ2) is 6.73. The van der Waals surface area contributed by atoms with Gasteiger partial charge in [-0.3, -0.25) is 14.5 Å². The van der Waals surface area contributed by atoms with Gasteiger partial charge in [-0.1, -0.05) is 23.7 Å². The first kappa shape index (κ1) is 15.5. The quantitative estimate of drug-likeness (QED) is 0.604. The van der Waals surface area contributed by atoms with Gasteiger partial charge in [0.1, 0.15) is 12.1 Å². The summed E-state index contributed by atoms with van der Waals surface area (Å²) in [5, 5.41) is 0.511. The van der Waals surface area contributed by atoms with E-state index >= 15 is 0 Å². The maximum Gasteiger partial charge on any atom is 0.614 e. The van der Waals surface area contributed by atoms with Crippen molar-refractivity contribution in [2.45, 2.75) is 5.82 Å². The molecule has 1 aliphatic heterocycles. The summed E-state index contributed by atoms with van der Waals surface area (Å²) in [5.74, 6) is -2.01. The highest BCUT2D eigenvalue weighted by atomic mass is 35.5. The van der Waals surface area contributed by atoms with Gasteiger partial charge in [-0.05, 0) is 24.7 Å². The predicted octanol–water partition coefficient (Wildman–Crippen LogP) is 0.682. The van der Waals surface area contributed by atoms with E-state index in [1.54, 1.807) is 31.3 Å². The van der Waals surface area contributed by atoms with Crippen molar-refractivity contribution < 1.29 is 23.7 Å². The zero-order valence-electron chi connectivity index (χ0n) is 11.3. The minimum Gasteiger partial charge on any atom is -0.498 e. The van der Waals surface area contributed by atoms with Crippen molar-refractivity contribution in [3.8, 4) is 0 Å².